The van der Waals surface area contributed by atoms with E-state index in [1.165, 1.54) is 5.82 Å². The van der Waals surface area contributed by atoms with Crippen LogP contribution in [0.15, 0.2) is 53.8 Å². The summed E-state index contributed by atoms with van der Waals surface area (Å²) in [5.74, 6) is 2.07. The van der Waals surface area contributed by atoms with Gasteiger partial charge in [-0.1, -0.05) is 6.07 Å². The fraction of sp³-hybridized carbons (Fsp3) is 0.333. The van der Waals surface area contributed by atoms with E-state index in [1.54, 1.807) is 0 Å². The lowest BCUT2D eigenvalue weighted by Gasteiger charge is -2.28. The summed E-state index contributed by atoms with van der Waals surface area (Å²) < 4.78 is 5.45. The standard InChI is InChI=1S/C18H22N4O/c1-2-23-17-8-6-16(7-9-17)15-20-22-13-11-21(12-14-22)18-5-3-4-10-19-18/h3-10,15H,2,11-14H2,1H3/p+1/b20-15+. The van der Waals surface area contributed by atoms with E-state index in [4.69, 9.17) is 4.74 Å². The molecule has 2 heterocycles. The van der Waals surface area contributed by atoms with E-state index in [0.29, 0.717) is 6.61 Å². The van der Waals surface area contributed by atoms with Gasteiger partial charge in [0.05, 0.1) is 32.1 Å². The molecule has 1 fully saturated rings. The van der Waals surface area contributed by atoms with Gasteiger partial charge in [0.15, 0.2) is 0 Å². The Morgan fingerprint density at radius 2 is 1.87 bits per heavy atom. The third-order valence-corrected chi connectivity index (χ3v) is 3.85. The van der Waals surface area contributed by atoms with Crippen LogP contribution >= 0.6 is 0 Å². The fourth-order valence-corrected chi connectivity index (χ4v) is 2.60. The van der Waals surface area contributed by atoms with Crippen molar-refractivity contribution in [3.63, 3.8) is 0 Å². The van der Waals surface area contributed by atoms with Gasteiger partial charge in [0.25, 0.3) is 5.82 Å². The molecule has 0 bridgehead atoms. The first-order valence-electron chi connectivity index (χ1n) is 8.08. The number of piperazine rings is 1. The van der Waals surface area contributed by atoms with Crippen molar-refractivity contribution >= 4 is 12.0 Å². The largest absolute Gasteiger partial charge is 0.494 e. The normalized spacial score (nSPS) is 15.2. The van der Waals surface area contributed by atoms with Crippen molar-refractivity contribution in [2.75, 3.05) is 37.7 Å². The van der Waals surface area contributed by atoms with Crippen LogP contribution in [0.25, 0.3) is 0 Å². The van der Waals surface area contributed by atoms with Crippen molar-refractivity contribution in [1.82, 2.24) is 5.01 Å². The molecule has 1 saturated heterocycles. The van der Waals surface area contributed by atoms with E-state index < -0.39 is 0 Å². The topological polar surface area (TPSA) is 42.2 Å². The number of aromatic nitrogens is 1. The minimum absolute atomic E-state index is 0.691. The molecule has 23 heavy (non-hydrogen) atoms. The highest BCUT2D eigenvalue weighted by Crippen LogP contribution is 2.12. The van der Waals surface area contributed by atoms with E-state index in [-0.39, 0.29) is 0 Å². The second-order valence-corrected chi connectivity index (χ2v) is 5.44. The van der Waals surface area contributed by atoms with Gasteiger partial charge in [0.1, 0.15) is 18.8 Å². The van der Waals surface area contributed by atoms with Crippen molar-refractivity contribution in [3.8, 4) is 5.75 Å². The van der Waals surface area contributed by atoms with Crippen molar-refractivity contribution in [1.29, 1.82) is 0 Å². The molecule has 2 aromatic rings. The Balaban J connectivity index is 1.52. The molecule has 5 nitrogen and oxygen atoms in total. The number of rotatable bonds is 5. The highest BCUT2D eigenvalue weighted by Gasteiger charge is 2.21. The van der Waals surface area contributed by atoms with E-state index >= 15 is 0 Å². The quantitative estimate of drug-likeness (QED) is 0.794. The Hall–Kier alpha value is -2.56. The maximum absolute atomic E-state index is 5.45. The minimum atomic E-state index is 0.691. The highest BCUT2D eigenvalue weighted by atomic mass is 16.5. The number of aromatic amines is 1. The average molecular weight is 311 g/mol. The number of H-pyrrole nitrogens is 1. The lowest BCUT2D eigenvalue weighted by Crippen LogP contribution is -2.45. The summed E-state index contributed by atoms with van der Waals surface area (Å²) >= 11 is 0. The molecule has 0 saturated carbocycles. The summed E-state index contributed by atoms with van der Waals surface area (Å²) in [5.41, 5.74) is 1.09. The summed E-state index contributed by atoms with van der Waals surface area (Å²) in [6.45, 7) is 6.48. The van der Waals surface area contributed by atoms with Gasteiger partial charge in [-0.15, -0.1) is 0 Å². The zero-order chi connectivity index (χ0) is 15.9. The smallest absolute Gasteiger partial charge is 0.274 e. The first kappa shape index (κ1) is 15.3. The van der Waals surface area contributed by atoms with Crippen molar-refractivity contribution in [2.45, 2.75) is 6.92 Å². The number of pyridine rings is 1. The Kier molecular flexibility index (Phi) is 5.09. The van der Waals surface area contributed by atoms with Crippen molar-refractivity contribution in [3.05, 3.63) is 54.2 Å². The van der Waals surface area contributed by atoms with Crippen LogP contribution in [0, 0.1) is 0 Å². The zero-order valence-electron chi connectivity index (χ0n) is 13.5. The molecule has 0 unspecified atom stereocenters. The van der Waals surface area contributed by atoms with Crippen LogP contribution in [0.5, 0.6) is 5.75 Å². The Morgan fingerprint density at radius 1 is 1.09 bits per heavy atom. The average Bonchev–Trinajstić information content (AvgIpc) is 2.63. The molecule has 1 aromatic carbocycles. The van der Waals surface area contributed by atoms with Crippen LogP contribution in [-0.2, 0) is 0 Å². The molecule has 120 valence electrons. The second kappa shape index (κ2) is 7.63. The van der Waals surface area contributed by atoms with Crippen LogP contribution in [0.2, 0.25) is 0 Å². The van der Waals surface area contributed by atoms with Crippen molar-refractivity contribution in [2.24, 2.45) is 5.10 Å². The van der Waals surface area contributed by atoms with Crippen LogP contribution in [0.1, 0.15) is 12.5 Å². The van der Waals surface area contributed by atoms with E-state index in [1.807, 2.05) is 49.7 Å². The molecule has 0 atom stereocenters. The molecule has 5 heteroatoms. The molecule has 0 spiro atoms. The number of hydrogen-bond acceptors (Lipinski definition) is 4. The molecular weight excluding hydrogens is 288 g/mol. The van der Waals surface area contributed by atoms with E-state index in [2.05, 4.69) is 32.1 Å². The van der Waals surface area contributed by atoms with Crippen molar-refractivity contribution < 1.29 is 9.72 Å². The van der Waals surface area contributed by atoms with Gasteiger partial charge >= 0.3 is 0 Å². The summed E-state index contributed by atoms with van der Waals surface area (Å²) in [6, 6.07) is 14.2. The van der Waals surface area contributed by atoms with Gasteiger partial charge in [0.2, 0.25) is 0 Å². The number of ether oxygens (including phenoxy) is 1. The fourth-order valence-electron chi connectivity index (χ4n) is 2.60. The zero-order valence-corrected chi connectivity index (χ0v) is 13.5. The summed E-state index contributed by atoms with van der Waals surface area (Å²) in [6.07, 6.45) is 3.88. The summed E-state index contributed by atoms with van der Waals surface area (Å²) in [5, 5.41) is 6.71. The molecule has 1 aliphatic rings. The number of hydrogen-bond donors (Lipinski definition) is 0. The van der Waals surface area contributed by atoms with Gasteiger partial charge in [-0.2, -0.15) is 5.10 Å². The predicted molar refractivity (Wildman–Crippen MR) is 92.0 cm³/mol. The Labute approximate surface area is 137 Å². The maximum atomic E-state index is 5.45. The molecule has 1 N–H and O–H groups in total. The highest BCUT2D eigenvalue weighted by molar-refractivity contribution is 5.79. The number of nitrogens with zero attached hydrogens (tertiary/aromatic N) is 3. The van der Waals surface area contributed by atoms with E-state index in [0.717, 1.165) is 37.5 Å². The van der Waals surface area contributed by atoms with Gasteiger partial charge in [-0.3, -0.25) is 9.91 Å². The van der Waals surface area contributed by atoms with Gasteiger partial charge in [-0.05, 0) is 42.8 Å². The number of nitrogens with one attached hydrogen (secondary N) is 1. The Bertz CT molecular complexity index is 619. The van der Waals surface area contributed by atoms with Gasteiger partial charge in [0, 0.05) is 6.07 Å². The third kappa shape index (κ3) is 4.22. The van der Waals surface area contributed by atoms with Crippen LogP contribution in [0.4, 0.5) is 5.82 Å². The molecule has 1 aromatic heterocycles. The molecule has 0 aliphatic carbocycles. The number of benzene rings is 1. The van der Waals surface area contributed by atoms with Crippen LogP contribution in [0.3, 0.4) is 0 Å². The third-order valence-electron chi connectivity index (χ3n) is 3.85. The van der Waals surface area contributed by atoms with Gasteiger partial charge in [-0.25, -0.2) is 4.98 Å². The molecule has 3 rings (SSSR count). The number of hydrazone groups is 1. The lowest BCUT2D eigenvalue weighted by atomic mass is 10.2. The van der Waals surface area contributed by atoms with Gasteiger partial charge < -0.3 is 4.74 Å². The lowest BCUT2D eigenvalue weighted by molar-refractivity contribution is -0.364. The number of anilines is 1. The molecule has 0 amide bonds. The Morgan fingerprint density at radius 3 is 2.52 bits per heavy atom. The van der Waals surface area contributed by atoms with Crippen LogP contribution < -0.4 is 14.6 Å². The first-order chi connectivity index (χ1) is 11.3. The molecule has 1 aliphatic heterocycles. The SMILES string of the molecule is CCOc1ccc(/C=N/N2CCN(c3cccc[nH+]3)CC2)cc1. The first-order valence-corrected chi connectivity index (χ1v) is 8.08. The molecular formula is C18H23N4O+. The van der Waals surface area contributed by atoms with Crippen LogP contribution in [-0.4, -0.2) is 44.0 Å². The minimum Gasteiger partial charge on any atom is -0.494 e. The predicted octanol–water partition coefficient (Wildman–Crippen LogP) is 2.06. The summed E-state index contributed by atoms with van der Waals surface area (Å²) in [7, 11) is 0. The molecule has 0 radical (unpaired) electrons. The monoisotopic (exact) mass is 311 g/mol. The maximum Gasteiger partial charge on any atom is 0.274 e. The second-order valence-electron chi connectivity index (χ2n) is 5.44. The van der Waals surface area contributed by atoms with E-state index in [9.17, 15) is 0 Å². The summed E-state index contributed by atoms with van der Waals surface area (Å²) in [4.78, 5) is 5.63.